The first kappa shape index (κ1) is 5.96. The van der Waals surface area contributed by atoms with Crippen molar-refractivity contribution in [2.45, 2.75) is 0 Å². The highest BCUT2D eigenvalue weighted by molar-refractivity contribution is 7.06. The van der Waals surface area contributed by atoms with Gasteiger partial charge in [0, 0.05) is 5.38 Å². The Morgan fingerprint density at radius 1 is 1.89 bits per heavy atom. The molecule has 0 saturated carbocycles. The van der Waals surface area contributed by atoms with E-state index in [1.165, 1.54) is 11.6 Å². The van der Waals surface area contributed by atoms with Crippen molar-refractivity contribution >= 4 is 11.3 Å². The summed E-state index contributed by atoms with van der Waals surface area (Å²) in [7, 11) is 0. The second-order valence-electron chi connectivity index (χ2n) is 1.29. The third-order valence-electron chi connectivity index (χ3n) is 0.766. The fraction of sp³-hybridized carbons (Fsp3) is 0. The summed E-state index contributed by atoms with van der Waals surface area (Å²) in [6, 6.07) is 0. The first-order valence-electron chi connectivity index (χ1n) is 2.07. The minimum Gasteiger partial charge on any atom is -0.270 e. The highest BCUT2D eigenvalue weighted by Gasteiger charge is 2.00. The number of nitro groups is 1. The highest BCUT2D eigenvalue weighted by Crippen LogP contribution is 1.85. The van der Waals surface area contributed by atoms with Crippen LogP contribution < -0.4 is 4.80 Å². The quantitative estimate of drug-likeness (QED) is 0.448. The number of hydrogen-bond acceptors (Lipinski definition) is 4. The molecule has 5 nitrogen and oxygen atoms in total. The number of nitrogens with one attached hydrogen (secondary N) is 1. The van der Waals surface area contributed by atoms with Gasteiger partial charge in [0.05, 0.1) is 6.20 Å². The molecule has 9 heavy (non-hydrogen) atoms. The van der Waals surface area contributed by atoms with E-state index in [0.717, 1.165) is 11.3 Å². The van der Waals surface area contributed by atoms with Gasteiger partial charge < -0.3 is 0 Å². The predicted octanol–water partition coefficient (Wildman–Crippen LogP) is 0.0689. The monoisotopic (exact) mass is 145 g/mol. The molecule has 1 aromatic rings. The van der Waals surface area contributed by atoms with Crippen LogP contribution in [-0.2, 0) is 0 Å². The van der Waals surface area contributed by atoms with Crippen LogP contribution in [0.3, 0.4) is 0 Å². The van der Waals surface area contributed by atoms with Crippen LogP contribution in [0.25, 0.3) is 0 Å². The summed E-state index contributed by atoms with van der Waals surface area (Å²) < 4.78 is 0.657. The molecule has 48 valence electrons. The summed E-state index contributed by atoms with van der Waals surface area (Å²) in [5.41, 5.74) is 0. The summed E-state index contributed by atoms with van der Waals surface area (Å²) in [5, 5.41) is 17.7. The van der Waals surface area contributed by atoms with Crippen molar-refractivity contribution in [1.29, 1.82) is 5.41 Å². The molecule has 1 rings (SSSR count). The Balaban J connectivity index is 3.24. The molecule has 0 bridgehead atoms. The Hall–Kier alpha value is -1.17. The molecule has 0 spiro atoms. The second-order valence-corrected chi connectivity index (χ2v) is 2.19. The van der Waals surface area contributed by atoms with Crippen molar-refractivity contribution in [2.24, 2.45) is 0 Å². The molecular weight excluding hydrogens is 142 g/mol. The van der Waals surface area contributed by atoms with Gasteiger partial charge in [-0.2, -0.15) is 0 Å². The van der Waals surface area contributed by atoms with Gasteiger partial charge in [-0.15, -0.1) is 0 Å². The summed E-state index contributed by atoms with van der Waals surface area (Å²) in [4.78, 5) is 9.87. The van der Waals surface area contributed by atoms with Gasteiger partial charge in [0.25, 0.3) is 0 Å². The number of nitrogens with zero attached hydrogens (tertiary/aromatic N) is 2. The Morgan fingerprint density at radius 2 is 2.56 bits per heavy atom. The lowest BCUT2D eigenvalue weighted by molar-refractivity contribution is -0.544. The van der Waals surface area contributed by atoms with E-state index in [2.05, 4.69) is 0 Å². The van der Waals surface area contributed by atoms with Crippen LogP contribution in [0.5, 0.6) is 0 Å². The largest absolute Gasteiger partial charge is 0.270 e. The van der Waals surface area contributed by atoms with Gasteiger partial charge in [-0.05, 0) is 4.68 Å². The number of thiazole rings is 1. The number of rotatable bonds is 1. The maximum Gasteiger partial charge on any atom is 0.247 e. The molecule has 0 aliphatic carbocycles. The standard InChI is InChI=1S/C3H3N3O2S/c4-3-5(6(7)8)1-2-9-3/h1-2,4H. The van der Waals surface area contributed by atoms with Gasteiger partial charge in [0.1, 0.15) is 0 Å². The average Bonchev–Trinajstić information content (AvgIpc) is 2.13. The Labute approximate surface area is 53.8 Å². The van der Waals surface area contributed by atoms with Gasteiger partial charge >= 0.3 is 0 Å². The molecule has 0 saturated heterocycles. The lowest BCUT2D eigenvalue weighted by atomic mass is 11.0. The van der Waals surface area contributed by atoms with Crippen LogP contribution in [0.4, 0.5) is 0 Å². The van der Waals surface area contributed by atoms with Gasteiger partial charge in [-0.25, -0.2) is 10.1 Å². The highest BCUT2D eigenvalue weighted by atomic mass is 32.1. The van der Waals surface area contributed by atoms with Crippen molar-refractivity contribution in [1.82, 2.24) is 4.68 Å². The van der Waals surface area contributed by atoms with E-state index < -0.39 is 5.03 Å². The van der Waals surface area contributed by atoms with Crippen LogP contribution in [0.15, 0.2) is 11.6 Å². The Bertz CT molecular complexity index is 275. The average molecular weight is 145 g/mol. The molecular formula is C3H3N3O2S. The van der Waals surface area contributed by atoms with E-state index in [4.69, 9.17) is 5.41 Å². The fourth-order valence-electron chi connectivity index (χ4n) is 0.403. The predicted molar refractivity (Wildman–Crippen MR) is 30.6 cm³/mol. The van der Waals surface area contributed by atoms with Gasteiger partial charge in [-0.1, -0.05) is 11.3 Å². The summed E-state index contributed by atoms with van der Waals surface area (Å²) in [5.74, 6) is 0. The molecule has 1 aromatic heterocycles. The number of aromatic nitrogens is 1. The summed E-state index contributed by atoms with van der Waals surface area (Å²) in [6.45, 7) is 0. The van der Waals surface area contributed by atoms with Crippen LogP contribution in [0.1, 0.15) is 0 Å². The van der Waals surface area contributed by atoms with Crippen molar-refractivity contribution in [3.63, 3.8) is 0 Å². The molecule has 0 aliphatic heterocycles. The van der Waals surface area contributed by atoms with Gasteiger partial charge in [0.15, 0.2) is 5.03 Å². The molecule has 0 aromatic carbocycles. The van der Waals surface area contributed by atoms with Crippen LogP contribution in [0, 0.1) is 15.5 Å². The fourth-order valence-corrected chi connectivity index (χ4v) is 0.943. The molecule has 0 fully saturated rings. The lowest BCUT2D eigenvalue weighted by Crippen LogP contribution is -2.19. The minimum atomic E-state index is -0.640. The van der Waals surface area contributed by atoms with E-state index in [0.29, 0.717) is 4.68 Å². The zero-order valence-corrected chi connectivity index (χ0v) is 5.09. The SMILES string of the molecule is N=c1sccn1[N+](=O)[O-]. The zero-order valence-electron chi connectivity index (χ0n) is 4.27. The van der Waals surface area contributed by atoms with Crippen molar-refractivity contribution in [3.05, 3.63) is 26.5 Å². The molecule has 0 aliphatic rings. The third-order valence-corrected chi connectivity index (χ3v) is 1.43. The normalized spacial score (nSPS) is 9.33. The maximum atomic E-state index is 9.94. The topological polar surface area (TPSA) is 71.9 Å². The van der Waals surface area contributed by atoms with E-state index in [-0.39, 0.29) is 4.80 Å². The molecule has 1 heterocycles. The van der Waals surface area contributed by atoms with E-state index in [1.54, 1.807) is 0 Å². The lowest BCUT2D eigenvalue weighted by Gasteiger charge is -1.83. The third kappa shape index (κ3) is 0.968. The zero-order chi connectivity index (χ0) is 6.85. The van der Waals surface area contributed by atoms with Gasteiger partial charge in [0.2, 0.25) is 4.80 Å². The maximum absolute atomic E-state index is 9.94. The Morgan fingerprint density at radius 3 is 2.78 bits per heavy atom. The second kappa shape index (κ2) is 1.98. The van der Waals surface area contributed by atoms with Crippen molar-refractivity contribution in [2.75, 3.05) is 0 Å². The van der Waals surface area contributed by atoms with Crippen LogP contribution in [0.2, 0.25) is 0 Å². The summed E-state index contributed by atoms with van der Waals surface area (Å²) >= 11 is 1.02. The summed E-state index contributed by atoms with van der Waals surface area (Å²) in [6.07, 6.45) is 1.24. The van der Waals surface area contributed by atoms with E-state index in [1.807, 2.05) is 0 Å². The first-order chi connectivity index (χ1) is 4.22. The van der Waals surface area contributed by atoms with Crippen LogP contribution in [-0.4, -0.2) is 9.71 Å². The molecule has 0 amide bonds. The van der Waals surface area contributed by atoms with Crippen LogP contribution >= 0.6 is 11.3 Å². The van der Waals surface area contributed by atoms with Crippen molar-refractivity contribution in [3.8, 4) is 0 Å². The number of hydrogen-bond donors (Lipinski definition) is 1. The van der Waals surface area contributed by atoms with Gasteiger partial charge in [-0.3, -0.25) is 5.41 Å². The molecule has 0 radical (unpaired) electrons. The smallest absolute Gasteiger partial charge is 0.247 e. The molecule has 0 unspecified atom stereocenters. The van der Waals surface area contributed by atoms with Crippen molar-refractivity contribution < 1.29 is 5.03 Å². The molecule has 1 N–H and O–H groups in total. The minimum absolute atomic E-state index is 0.0694. The van der Waals surface area contributed by atoms with E-state index >= 15 is 0 Å². The molecule has 0 atom stereocenters. The molecule has 6 heteroatoms. The Kier molecular flexibility index (Phi) is 1.31. The first-order valence-corrected chi connectivity index (χ1v) is 2.95. The van der Waals surface area contributed by atoms with E-state index in [9.17, 15) is 10.1 Å².